The monoisotopic (exact) mass is 400 g/mol. The second-order valence-electron chi connectivity index (χ2n) is 6.64. The lowest BCUT2D eigenvalue weighted by molar-refractivity contribution is -0.162. The lowest BCUT2D eigenvalue weighted by Gasteiger charge is -2.42. The molecule has 0 spiro atoms. The van der Waals surface area contributed by atoms with Gasteiger partial charge in [0.05, 0.1) is 29.1 Å². The van der Waals surface area contributed by atoms with Gasteiger partial charge in [-0.1, -0.05) is 13.3 Å². The van der Waals surface area contributed by atoms with E-state index < -0.39 is 33.4 Å². The number of carbonyl (C=O) groups is 2. The van der Waals surface area contributed by atoms with E-state index in [9.17, 15) is 28.2 Å². The van der Waals surface area contributed by atoms with Crippen LogP contribution in [-0.4, -0.2) is 61.7 Å². The molecule has 150 valence electrons. The maximum Gasteiger partial charge on any atom is 0.312 e. The molecule has 0 radical (unpaired) electrons. The maximum absolute atomic E-state index is 12.9. The molecule has 9 nitrogen and oxygen atoms in total. The number of primary sulfonamides is 1. The van der Waals surface area contributed by atoms with E-state index >= 15 is 0 Å². The number of nitrogens with two attached hydrogens (primary N) is 1. The van der Waals surface area contributed by atoms with Crippen molar-refractivity contribution < 1.29 is 33.0 Å². The number of piperidine rings is 1. The maximum atomic E-state index is 12.9. The standard InChI is InChI=1S/C17H24N2O7S/c1-3-6-17(16(22)23)7-8-19(10-14(17)20)15(21)12-9-11(27(18,24)25)4-5-13(12)26-2/h4-5,9,14,20H,3,6-8,10H2,1-2H3,(H,22,23)(H2,18,24,25)/t14-,17+/m1/s1. The highest BCUT2D eigenvalue weighted by molar-refractivity contribution is 7.89. The van der Waals surface area contributed by atoms with Crippen molar-refractivity contribution in [3.05, 3.63) is 23.8 Å². The first-order valence-electron chi connectivity index (χ1n) is 8.48. The number of methoxy groups -OCH3 is 1. The van der Waals surface area contributed by atoms with Gasteiger partial charge in [0, 0.05) is 13.1 Å². The van der Waals surface area contributed by atoms with Crippen LogP contribution in [0.25, 0.3) is 0 Å². The van der Waals surface area contributed by atoms with E-state index in [1.165, 1.54) is 24.1 Å². The van der Waals surface area contributed by atoms with Gasteiger partial charge >= 0.3 is 5.97 Å². The summed E-state index contributed by atoms with van der Waals surface area (Å²) in [6.45, 7) is 1.78. The number of carboxylic acids is 1. The summed E-state index contributed by atoms with van der Waals surface area (Å²) in [6.07, 6.45) is -0.252. The third-order valence-corrected chi connectivity index (χ3v) is 5.91. The second-order valence-corrected chi connectivity index (χ2v) is 8.20. The zero-order valence-electron chi connectivity index (χ0n) is 15.2. The van der Waals surface area contributed by atoms with Crippen molar-refractivity contribution in [1.29, 1.82) is 0 Å². The van der Waals surface area contributed by atoms with E-state index in [4.69, 9.17) is 9.88 Å². The van der Waals surface area contributed by atoms with Gasteiger partial charge in [0.2, 0.25) is 10.0 Å². The van der Waals surface area contributed by atoms with Gasteiger partial charge in [-0.3, -0.25) is 9.59 Å². The van der Waals surface area contributed by atoms with E-state index in [1.807, 2.05) is 6.92 Å². The van der Waals surface area contributed by atoms with Gasteiger partial charge in [-0.25, -0.2) is 13.6 Å². The zero-order valence-corrected chi connectivity index (χ0v) is 16.0. The molecule has 1 amide bonds. The number of sulfonamides is 1. The van der Waals surface area contributed by atoms with E-state index in [-0.39, 0.29) is 35.7 Å². The molecule has 0 saturated carbocycles. The number of ether oxygens (including phenoxy) is 1. The number of benzene rings is 1. The summed E-state index contributed by atoms with van der Waals surface area (Å²) in [5.74, 6) is -1.49. The number of amides is 1. The van der Waals surface area contributed by atoms with Gasteiger partial charge < -0.3 is 19.8 Å². The fourth-order valence-corrected chi connectivity index (χ4v) is 4.00. The highest BCUT2D eigenvalue weighted by atomic mass is 32.2. The number of β-amino-alcohol motifs (C(OH)–C–C–N with tert-alkyl or cyclic N) is 1. The Hall–Kier alpha value is -2.17. The Kier molecular flexibility index (Phi) is 6.13. The molecular weight excluding hydrogens is 376 g/mol. The first kappa shape index (κ1) is 21.1. The molecule has 1 aromatic rings. The number of aliphatic hydroxyl groups is 1. The topological polar surface area (TPSA) is 147 Å². The summed E-state index contributed by atoms with van der Waals surface area (Å²) in [5, 5.41) is 25.2. The largest absolute Gasteiger partial charge is 0.496 e. The average molecular weight is 400 g/mol. The molecule has 2 atom stereocenters. The predicted molar refractivity (Wildman–Crippen MR) is 95.9 cm³/mol. The van der Waals surface area contributed by atoms with E-state index in [1.54, 1.807) is 0 Å². The highest BCUT2D eigenvalue weighted by Crippen LogP contribution is 2.37. The molecule has 1 fully saturated rings. The van der Waals surface area contributed by atoms with E-state index in [0.29, 0.717) is 12.8 Å². The molecule has 4 N–H and O–H groups in total. The van der Waals surface area contributed by atoms with E-state index in [2.05, 4.69) is 0 Å². The SMILES string of the molecule is CCC[C@]1(C(=O)O)CCN(C(=O)c2cc(S(N)(=O)=O)ccc2OC)C[C@H]1O. The molecule has 1 heterocycles. The first-order chi connectivity index (χ1) is 12.6. The number of likely N-dealkylation sites (tertiary alicyclic amines) is 1. The summed E-state index contributed by atoms with van der Waals surface area (Å²) in [7, 11) is -2.68. The van der Waals surface area contributed by atoms with Crippen LogP contribution in [0.4, 0.5) is 0 Å². The van der Waals surface area contributed by atoms with Crippen molar-refractivity contribution in [1.82, 2.24) is 4.90 Å². The fraction of sp³-hybridized carbons (Fsp3) is 0.529. The van der Waals surface area contributed by atoms with Gasteiger partial charge in [-0.2, -0.15) is 0 Å². The Morgan fingerprint density at radius 3 is 2.56 bits per heavy atom. The number of aliphatic hydroxyl groups excluding tert-OH is 1. The molecule has 0 bridgehead atoms. The van der Waals surface area contributed by atoms with Crippen LogP contribution in [0, 0.1) is 5.41 Å². The number of aliphatic carboxylic acids is 1. The molecule has 1 saturated heterocycles. The van der Waals surface area contributed by atoms with Gasteiger partial charge in [0.15, 0.2) is 0 Å². The van der Waals surface area contributed by atoms with Gasteiger partial charge in [0.1, 0.15) is 5.75 Å². The molecule has 1 aliphatic heterocycles. The Labute approximate surface area is 157 Å². The number of carboxylic acid groups (broad SMARTS) is 1. The van der Waals surface area contributed by atoms with Gasteiger partial charge in [-0.15, -0.1) is 0 Å². The van der Waals surface area contributed by atoms with Crippen LogP contribution in [-0.2, 0) is 14.8 Å². The van der Waals surface area contributed by atoms with E-state index in [0.717, 1.165) is 6.07 Å². The minimum atomic E-state index is -4.02. The van der Waals surface area contributed by atoms with Crippen molar-refractivity contribution in [2.24, 2.45) is 10.6 Å². The number of hydrogen-bond acceptors (Lipinski definition) is 6. The summed E-state index contributed by atoms with van der Waals surface area (Å²) in [6, 6.07) is 3.67. The predicted octanol–water partition coefficient (Wildman–Crippen LogP) is 0.421. The van der Waals surface area contributed by atoms with Crippen molar-refractivity contribution in [3.8, 4) is 5.75 Å². The van der Waals surface area contributed by atoms with Gasteiger partial charge in [-0.05, 0) is 31.0 Å². The molecule has 0 aliphatic carbocycles. The van der Waals surface area contributed by atoms with Crippen LogP contribution >= 0.6 is 0 Å². The molecule has 10 heteroatoms. The average Bonchev–Trinajstić information content (AvgIpc) is 2.61. The fourth-order valence-electron chi connectivity index (χ4n) is 3.46. The third-order valence-electron chi connectivity index (χ3n) is 5.00. The lowest BCUT2D eigenvalue weighted by atomic mass is 9.72. The Morgan fingerprint density at radius 2 is 2.07 bits per heavy atom. The number of nitrogens with zero attached hydrogens (tertiary/aromatic N) is 1. The number of hydrogen-bond donors (Lipinski definition) is 3. The first-order valence-corrected chi connectivity index (χ1v) is 10.0. The summed E-state index contributed by atoms with van der Waals surface area (Å²) < 4.78 is 28.3. The number of carbonyl (C=O) groups excluding carboxylic acids is 1. The van der Waals surface area contributed by atoms with Crippen LogP contribution in [0.5, 0.6) is 5.75 Å². The molecule has 2 rings (SSSR count). The minimum absolute atomic E-state index is 0.0189. The zero-order chi connectivity index (χ0) is 20.4. The Balaban J connectivity index is 2.33. The van der Waals surface area contributed by atoms with Crippen LogP contribution in [0.2, 0.25) is 0 Å². The summed E-state index contributed by atoms with van der Waals surface area (Å²) >= 11 is 0. The third kappa shape index (κ3) is 4.07. The Bertz CT molecular complexity index is 840. The second kappa shape index (κ2) is 7.83. The lowest BCUT2D eigenvalue weighted by Crippen LogP contribution is -2.56. The molecule has 1 aliphatic rings. The molecule has 27 heavy (non-hydrogen) atoms. The van der Waals surface area contributed by atoms with Crippen LogP contribution in [0.1, 0.15) is 36.5 Å². The quantitative estimate of drug-likeness (QED) is 0.627. The normalized spacial score (nSPS) is 23.1. The van der Waals surface area contributed by atoms with Crippen LogP contribution < -0.4 is 9.88 Å². The smallest absolute Gasteiger partial charge is 0.312 e. The van der Waals surface area contributed by atoms with Crippen molar-refractivity contribution in [2.75, 3.05) is 20.2 Å². The number of rotatable bonds is 6. The molecule has 0 unspecified atom stereocenters. The summed E-state index contributed by atoms with van der Waals surface area (Å²) in [4.78, 5) is 25.7. The van der Waals surface area contributed by atoms with Gasteiger partial charge in [0.25, 0.3) is 5.91 Å². The van der Waals surface area contributed by atoms with Crippen molar-refractivity contribution in [3.63, 3.8) is 0 Å². The minimum Gasteiger partial charge on any atom is -0.496 e. The highest BCUT2D eigenvalue weighted by Gasteiger charge is 2.48. The Morgan fingerprint density at radius 1 is 1.41 bits per heavy atom. The summed E-state index contributed by atoms with van der Waals surface area (Å²) in [5.41, 5.74) is -1.31. The molecular formula is C17H24N2O7S. The molecule has 0 aromatic heterocycles. The molecule has 1 aromatic carbocycles. The van der Waals surface area contributed by atoms with Crippen LogP contribution in [0.15, 0.2) is 23.1 Å². The van der Waals surface area contributed by atoms with Crippen LogP contribution in [0.3, 0.4) is 0 Å². The van der Waals surface area contributed by atoms with Crippen molar-refractivity contribution >= 4 is 21.9 Å². The van der Waals surface area contributed by atoms with Crippen molar-refractivity contribution in [2.45, 2.75) is 37.2 Å².